The molecule has 0 aliphatic heterocycles. The Kier molecular flexibility index (Phi) is 3.04. The van der Waals surface area contributed by atoms with Crippen LogP contribution in [0.4, 0.5) is 5.82 Å². The van der Waals surface area contributed by atoms with Crippen LogP contribution in [0, 0.1) is 0 Å². The molecule has 100 valence electrons. The van der Waals surface area contributed by atoms with Gasteiger partial charge >= 0.3 is 0 Å². The first-order chi connectivity index (χ1) is 9.79. The second-order valence-electron chi connectivity index (χ2n) is 4.18. The highest BCUT2D eigenvalue weighted by Gasteiger charge is 2.13. The van der Waals surface area contributed by atoms with E-state index in [4.69, 9.17) is 10.5 Å². The lowest BCUT2D eigenvalue weighted by Crippen LogP contribution is -2.02. The minimum Gasteiger partial charge on any atom is -0.497 e. The van der Waals surface area contributed by atoms with Gasteiger partial charge < -0.3 is 10.5 Å². The van der Waals surface area contributed by atoms with E-state index in [0.29, 0.717) is 11.5 Å². The Bertz CT molecular complexity index is 723. The van der Waals surface area contributed by atoms with Gasteiger partial charge in [0.25, 0.3) is 0 Å². The Balaban J connectivity index is 2.06. The van der Waals surface area contributed by atoms with E-state index >= 15 is 0 Å². The molecule has 0 aliphatic rings. The zero-order valence-corrected chi connectivity index (χ0v) is 10.9. The van der Waals surface area contributed by atoms with E-state index in [1.165, 1.54) is 0 Å². The van der Waals surface area contributed by atoms with Crippen LogP contribution in [-0.4, -0.2) is 27.1 Å². The summed E-state index contributed by atoms with van der Waals surface area (Å²) < 4.78 is 6.77. The summed E-state index contributed by atoms with van der Waals surface area (Å²) in [5, 5.41) is 8.22. The van der Waals surface area contributed by atoms with Crippen LogP contribution in [0.15, 0.2) is 48.8 Å². The minimum atomic E-state index is 0.464. The van der Waals surface area contributed by atoms with Crippen molar-refractivity contribution in [3.8, 4) is 22.7 Å². The number of ether oxygens (including phenoxy) is 1. The largest absolute Gasteiger partial charge is 0.497 e. The number of hydrogen-bond acceptors (Lipinski definition) is 5. The second-order valence-corrected chi connectivity index (χ2v) is 4.18. The van der Waals surface area contributed by atoms with Crippen LogP contribution in [-0.2, 0) is 0 Å². The number of pyridine rings is 1. The van der Waals surface area contributed by atoms with Gasteiger partial charge in [-0.1, -0.05) is 11.3 Å². The van der Waals surface area contributed by atoms with Gasteiger partial charge in [-0.15, -0.1) is 5.10 Å². The average Bonchev–Trinajstić information content (AvgIpc) is 2.90. The van der Waals surface area contributed by atoms with E-state index in [-0.39, 0.29) is 0 Å². The van der Waals surface area contributed by atoms with Gasteiger partial charge in [0.05, 0.1) is 12.8 Å². The molecule has 6 heteroatoms. The van der Waals surface area contributed by atoms with Crippen molar-refractivity contribution in [2.75, 3.05) is 12.8 Å². The van der Waals surface area contributed by atoms with E-state index in [2.05, 4.69) is 15.3 Å². The first kappa shape index (κ1) is 12.2. The zero-order valence-electron chi connectivity index (χ0n) is 10.9. The number of anilines is 1. The fourth-order valence-corrected chi connectivity index (χ4v) is 1.93. The molecule has 2 aromatic heterocycles. The first-order valence-corrected chi connectivity index (χ1v) is 6.05. The molecule has 3 aromatic rings. The number of methoxy groups -OCH3 is 1. The molecule has 0 fully saturated rings. The van der Waals surface area contributed by atoms with Gasteiger partial charge in [-0.3, -0.25) is 4.98 Å². The Morgan fingerprint density at radius 1 is 1.20 bits per heavy atom. The molecule has 0 aliphatic carbocycles. The predicted octanol–water partition coefficient (Wildman–Crippen LogP) is 1.92. The van der Waals surface area contributed by atoms with E-state index in [1.807, 2.05) is 36.4 Å². The molecule has 0 bridgehead atoms. The summed E-state index contributed by atoms with van der Waals surface area (Å²) in [7, 11) is 1.62. The minimum absolute atomic E-state index is 0.464. The summed E-state index contributed by atoms with van der Waals surface area (Å²) >= 11 is 0. The fraction of sp³-hybridized carbons (Fsp3) is 0.0714. The normalized spacial score (nSPS) is 10.4. The fourth-order valence-electron chi connectivity index (χ4n) is 1.93. The van der Waals surface area contributed by atoms with Crippen LogP contribution >= 0.6 is 0 Å². The van der Waals surface area contributed by atoms with Crippen molar-refractivity contribution in [3.63, 3.8) is 0 Å². The van der Waals surface area contributed by atoms with E-state index in [1.54, 1.807) is 24.2 Å². The summed E-state index contributed by atoms with van der Waals surface area (Å²) in [5.74, 6) is 1.20. The molecule has 2 heterocycles. The molecular formula is C14H13N5O. The van der Waals surface area contributed by atoms with Gasteiger partial charge in [0, 0.05) is 24.0 Å². The third-order valence-electron chi connectivity index (χ3n) is 2.94. The smallest absolute Gasteiger partial charge is 0.155 e. The molecule has 0 amide bonds. The number of nitrogen functional groups attached to an aromatic ring is 1. The average molecular weight is 267 g/mol. The molecule has 1 aromatic carbocycles. The third kappa shape index (κ3) is 2.07. The highest BCUT2D eigenvalue weighted by atomic mass is 16.5. The van der Waals surface area contributed by atoms with Crippen LogP contribution < -0.4 is 10.5 Å². The van der Waals surface area contributed by atoms with Crippen molar-refractivity contribution >= 4 is 5.82 Å². The monoisotopic (exact) mass is 267 g/mol. The van der Waals surface area contributed by atoms with Gasteiger partial charge in [0.2, 0.25) is 0 Å². The molecule has 20 heavy (non-hydrogen) atoms. The van der Waals surface area contributed by atoms with Crippen LogP contribution in [0.5, 0.6) is 5.75 Å². The van der Waals surface area contributed by atoms with Gasteiger partial charge in [0.15, 0.2) is 5.82 Å². The standard InChI is InChI=1S/C14H13N5O/c1-20-12-6-2-5-11(8-12)19-14(15)13(17-18-19)10-4-3-7-16-9-10/h2-9H,15H2,1H3. The Morgan fingerprint density at radius 3 is 2.85 bits per heavy atom. The van der Waals surface area contributed by atoms with Crippen molar-refractivity contribution in [1.82, 2.24) is 20.0 Å². The quantitative estimate of drug-likeness (QED) is 0.784. The summed E-state index contributed by atoms with van der Waals surface area (Å²) in [6, 6.07) is 11.2. The molecule has 0 spiro atoms. The predicted molar refractivity (Wildman–Crippen MR) is 75.6 cm³/mol. The van der Waals surface area contributed by atoms with Crippen molar-refractivity contribution in [3.05, 3.63) is 48.8 Å². The lowest BCUT2D eigenvalue weighted by Gasteiger charge is -2.05. The Morgan fingerprint density at radius 2 is 2.10 bits per heavy atom. The van der Waals surface area contributed by atoms with E-state index in [9.17, 15) is 0 Å². The molecule has 3 rings (SSSR count). The van der Waals surface area contributed by atoms with Crippen molar-refractivity contribution in [1.29, 1.82) is 0 Å². The lowest BCUT2D eigenvalue weighted by molar-refractivity contribution is 0.414. The van der Waals surface area contributed by atoms with Crippen LogP contribution in [0.2, 0.25) is 0 Å². The van der Waals surface area contributed by atoms with Crippen molar-refractivity contribution in [2.24, 2.45) is 0 Å². The lowest BCUT2D eigenvalue weighted by atomic mass is 10.2. The maximum absolute atomic E-state index is 6.13. The highest BCUT2D eigenvalue weighted by Crippen LogP contribution is 2.25. The number of aromatic nitrogens is 4. The SMILES string of the molecule is COc1cccc(-n2nnc(-c3cccnc3)c2N)c1. The van der Waals surface area contributed by atoms with E-state index in [0.717, 1.165) is 17.0 Å². The third-order valence-corrected chi connectivity index (χ3v) is 2.94. The summed E-state index contributed by atoms with van der Waals surface area (Å²) in [6.07, 6.45) is 3.41. The number of nitrogens with two attached hydrogens (primary N) is 1. The number of nitrogens with zero attached hydrogens (tertiary/aromatic N) is 4. The first-order valence-electron chi connectivity index (χ1n) is 6.05. The summed E-state index contributed by atoms with van der Waals surface area (Å²) in [5.41, 5.74) is 8.37. The van der Waals surface area contributed by atoms with Crippen LogP contribution in [0.1, 0.15) is 0 Å². The maximum atomic E-state index is 6.13. The van der Waals surface area contributed by atoms with Crippen molar-refractivity contribution in [2.45, 2.75) is 0 Å². The van der Waals surface area contributed by atoms with Crippen LogP contribution in [0.25, 0.3) is 16.9 Å². The molecule has 0 saturated heterocycles. The molecule has 0 radical (unpaired) electrons. The van der Waals surface area contributed by atoms with Gasteiger partial charge in [0.1, 0.15) is 11.4 Å². The van der Waals surface area contributed by atoms with Crippen molar-refractivity contribution < 1.29 is 4.74 Å². The topological polar surface area (TPSA) is 78.8 Å². The van der Waals surface area contributed by atoms with Gasteiger partial charge in [-0.2, -0.15) is 4.68 Å². The number of benzene rings is 1. The second kappa shape index (κ2) is 5.00. The number of hydrogen-bond donors (Lipinski definition) is 1. The Labute approximate surface area is 115 Å². The molecule has 6 nitrogen and oxygen atoms in total. The Hall–Kier alpha value is -2.89. The highest BCUT2D eigenvalue weighted by molar-refractivity contribution is 5.70. The molecule has 0 unspecified atom stereocenters. The van der Waals surface area contributed by atoms with E-state index < -0.39 is 0 Å². The van der Waals surface area contributed by atoms with Crippen LogP contribution in [0.3, 0.4) is 0 Å². The number of rotatable bonds is 3. The van der Waals surface area contributed by atoms with Gasteiger partial charge in [-0.25, -0.2) is 0 Å². The molecular weight excluding hydrogens is 254 g/mol. The molecule has 2 N–H and O–H groups in total. The maximum Gasteiger partial charge on any atom is 0.155 e. The van der Waals surface area contributed by atoms with Gasteiger partial charge in [-0.05, 0) is 24.3 Å². The molecule has 0 saturated carbocycles. The summed E-state index contributed by atoms with van der Waals surface area (Å²) in [6.45, 7) is 0. The molecule has 0 atom stereocenters. The summed E-state index contributed by atoms with van der Waals surface area (Å²) in [4.78, 5) is 4.06. The zero-order chi connectivity index (χ0) is 13.9.